The van der Waals surface area contributed by atoms with E-state index in [9.17, 15) is 22.8 Å². The average molecular weight is 214 g/mol. The second-order valence-electron chi connectivity index (χ2n) is 2.52. The highest BCUT2D eigenvalue weighted by atomic mass is 19.4. The Morgan fingerprint density at radius 2 is 1.64 bits per heavy atom. The molecule has 0 amide bonds. The van der Waals surface area contributed by atoms with Gasteiger partial charge in [-0.25, -0.2) is 0 Å². The van der Waals surface area contributed by atoms with Gasteiger partial charge in [0, 0.05) is 12.8 Å². The van der Waals surface area contributed by atoms with Gasteiger partial charge in [0.25, 0.3) is 0 Å². The van der Waals surface area contributed by atoms with Crippen LogP contribution in [0.1, 0.15) is 25.7 Å². The highest BCUT2D eigenvalue weighted by Gasteiger charge is 2.33. The third-order valence-electron chi connectivity index (χ3n) is 1.25. The molecule has 0 aromatic carbocycles. The van der Waals surface area contributed by atoms with Gasteiger partial charge < -0.3 is 9.84 Å². The van der Waals surface area contributed by atoms with Crippen LogP contribution in [-0.2, 0) is 14.3 Å². The molecule has 0 aliphatic heterocycles. The Hall–Kier alpha value is -1.27. The van der Waals surface area contributed by atoms with Crippen molar-refractivity contribution in [2.45, 2.75) is 32.0 Å². The van der Waals surface area contributed by atoms with E-state index in [4.69, 9.17) is 5.11 Å². The standard InChI is InChI=1S/C7H9F3O4/c8-7(9,10)14-6(13)4-2-1-3-5(11)12/h1-4H2,(H,11,12). The van der Waals surface area contributed by atoms with Crippen molar-refractivity contribution in [2.75, 3.05) is 0 Å². The Kier molecular flexibility index (Phi) is 4.96. The number of aliphatic carboxylic acids is 1. The third-order valence-corrected chi connectivity index (χ3v) is 1.25. The summed E-state index contributed by atoms with van der Waals surface area (Å²) in [6.07, 6.45) is -5.32. The first-order valence-electron chi connectivity index (χ1n) is 3.81. The predicted molar refractivity (Wildman–Crippen MR) is 38.3 cm³/mol. The number of esters is 1. The molecule has 0 heterocycles. The summed E-state index contributed by atoms with van der Waals surface area (Å²) in [5.41, 5.74) is 0. The third kappa shape index (κ3) is 8.82. The van der Waals surface area contributed by atoms with Crippen LogP contribution in [-0.4, -0.2) is 23.4 Å². The van der Waals surface area contributed by atoms with Gasteiger partial charge in [-0.05, 0) is 12.8 Å². The maximum atomic E-state index is 11.4. The van der Waals surface area contributed by atoms with Crippen LogP contribution in [0.3, 0.4) is 0 Å². The number of carboxylic acid groups (broad SMARTS) is 1. The van der Waals surface area contributed by atoms with Gasteiger partial charge in [0.2, 0.25) is 0 Å². The van der Waals surface area contributed by atoms with E-state index < -0.39 is 24.7 Å². The lowest BCUT2D eigenvalue weighted by Gasteiger charge is -2.06. The number of rotatable bonds is 5. The Balaban J connectivity index is 3.50. The van der Waals surface area contributed by atoms with E-state index in [1.165, 1.54) is 0 Å². The lowest BCUT2D eigenvalue weighted by molar-refractivity contribution is -0.305. The largest absolute Gasteiger partial charge is 0.575 e. The minimum Gasteiger partial charge on any atom is -0.481 e. The van der Waals surface area contributed by atoms with Crippen molar-refractivity contribution in [2.24, 2.45) is 0 Å². The summed E-state index contributed by atoms with van der Waals surface area (Å²) in [4.78, 5) is 20.4. The van der Waals surface area contributed by atoms with Crippen molar-refractivity contribution >= 4 is 11.9 Å². The van der Waals surface area contributed by atoms with Crippen molar-refractivity contribution in [1.29, 1.82) is 0 Å². The molecule has 0 rings (SSSR count). The molecular weight excluding hydrogens is 205 g/mol. The summed E-state index contributed by atoms with van der Waals surface area (Å²) in [6.45, 7) is 0. The SMILES string of the molecule is O=C(O)CCCCC(=O)OC(F)(F)F. The number of halogens is 3. The van der Waals surface area contributed by atoms with Crippen LogP contribution in [0.25, 0.3) is 0 Å². The first kappa shape index (κ1) is 12.7. The molecule has 0 aliphatic rings. The fourth-order valence-electron chi connectivity index (χ4n) is 0.726. The molecule has 0 aliphatic carbocycles. The minimum absolute atomic E-state index is 0.0706. The van der Waals surface area contributed by atoms with E-state index in [1.54, 1.807) is 0 Å². The van der Waals surface area contributed by atoms with Gasteiger partial charge in [-0.2, -0.15) is 0 Å². The lowest BCUT2D eigenvalue weighted by atomic mass is 10.2. The quantitative estimate of drug-likeness (QED) is 0.558. The van der Waals surface area contributed by atoms with Crippen LogP contribution in [0.15, 0.2) is 0 Å². The van der Waals surface area contributed by atoms with Crippen molar-refractivity contribution < 1.29 is 32.6 Å². The van der Waals surface area contributed by atoms with Gasteiger partial charge in [-0.3, -0.25) is 9.59 Å². The van der Waals surface area contributed by atoms with Crippen LogP contribution in [0, 0.1) is 0 Å². The molecule has 0 saturated carbocycles. The van der Waals surface area contributed by atoms with E-state index >= 15 is 0 Å². The molecule has 0 atom stereocenters. The van der Waals surface area contributed by atoms with Gasteiger partial charge >= 0.3 is 18.3 Å². The monoisotopic (exact) mass is 214 g/mol. The van der Waals surface area contributed by atoms with Crippen molar-refractivity contribution in [3.8, 4) is 0 Å². The molecule has 82 valence electrons. The van der Waals surface area contributed by atoms with Crippen LogP contribution >= 0.6 is 0 Å². The van der Waals surface area contributed by atoms with E-state index in [-0.39, 0.29) is 19.3 Å². The number of hydrogen-bond donors (Lipinski definition) is 1. The summed E-state index contributed by atoms with van der Waals surface area (Å²) in [5.74, 6) is -2.43. The zero-order valence-corrected chi connectivity index (χ0v) is 7.13. The highest BCUT2D eigenvalue weighted by molar-refractivity contribution is 5.69. The van der Waals surface area contributed by atoms with Gasteiger partial charge in [-0.15, -0.1) is 13.2 Å². The lowest BCUT2D eigenvalue weighted by Crippen LogP contribution is -2.19. The minimum atomic E-state index is -4.95. The van der Waals surface area contributed by atoms with Crippen LogP contribution < -0.4 is 0 Å². The van der Waals surface area contributed by atoms with E-state index in [0.717, 1.165) is 0 Å². The van der Waals surface area contributed by atoms with Gasteiger partial charge in [0.1, 0.15) is 0 Å². The molecule has 0 aromatic rings. The first-order valence-corrected chi connectivity index (χ1v) is 3.81. The fourth-order valence-corrected chi connectivity index (χ4v) is 0.726. The van der Waals surface area contributed by atoms with E-state index in [0.29, 0.717) is 0 Å². The normalized spacial score (nSPS) is 11.1. The fraction of sp³-hybridized carbons (Fsp3) is 0.714. The molecule has 0 saturated heterocycles. The average Bonchev–Trinajstić information content (AvgIpc) is 1.94. The Labute approximate surface area is 77.7 Å². The maximum absolute atomic E-state index is 11.4. The first-order chi connectivity index (χ1) is 6.31. The maximum Gasteiger partial charge on any atom is 0.575 e. The number of carbonyl (C=O) groups is 2. The van der Waals surface area contributed by atoms with Gasteiger partial charge in [-0.1, -0.05) is 0 Å². The number of carbonyl (C=O) groups excluding carboxylic acids is 1. The van der Waals surface area contributed by atoms with Crippen molar-refractivity contribution in [3.63, 3.8) is 0 Å². The van der Waals surface area contributed by atoms with Crippen LogP contribution in [0.5, 0.6) is 0 Å². The molecule has 0 aromatic heterocycles. The summed E-state index contributed by atoms with van der Waals surface area (Å²) in [6, 6.07) is 0. The second-order valence-corrected chi connectivity index (χ2v) is 2.52. The predicted octanol–water partition coefficient (Wildman–Crippen LogP) is 1.69. The van der Waals surface area contributed by atoms with Gasteiger partial charge in [0.15, 0.2) is 0 Å². The summed E-state index contributed by atoms with van der Waals surface area (Å²) >= 11 is 0. The van der Waals surface area contributed by atoms with Crippen molar-refractivity contribution in [3.05, 3.63) is 0 Å². The molecule has 4 nitrogen and oxygen atoms in total. The molecule has 0 radical (unpaired) electrons. The number of unbranched alkanes of at least 4 members (excludes halogenated alkanes) is 1. The number of alkyl halides is 3. The Bertz CT molecular complexity index is 211. The zero-order valence-electron chi connectivity index (χ0n) is 7.13. The summed E-state index contributed by atoms with van der Waals surface area (Å²) in [5, 5.41) is 8.17. The highest BCUT2D eigenvalue weighted by Crippen LogP contribution is 2.17. The molecule has 0 spiro atoms. The van der Waals surface area contributed by atoms with E-state index in [2.05, 4.69) is 4.74 Å². The topological polar surface area (TPSA) is 63.6 Å². The molecule has 0 bridgehead atoms. The second kappa shape index (κ2) is 5.46. The van der Waals surface area contributed by atoms with E-state index in [1.807, 2.05) is 0 Å². The molecule has 0 unspecified atom stereocenters. The zero-order chi connectivity index (χ0) is 11.2. The molecule has 1 N–H and O–H groups in total. The number of carboxylic acids is 1. The Morgan fingerprint density at radius 1 is 1.14 bits per heavy atom. The molecule has 0 fully saturated rings. The number of ether oxygens (including phenoxy) is 1. The Morgan fingerprint density at radius 3 is 2.07 bits per heavy atom. The summed E-state index contributed by atoms with van der Waals surface area (Å²) in [7, 11) is 0. The smallest absolute Gasteiger partial charge is 0.481 e. The molecule has 7 heteroatoms. The van der Waals surface area contributed by atoms with Crippen LogP contribution in [0.4, 0.5) is 13.2 Å². The number of hydrogen-bond acceptors (Lipinski definition) is 3. The van der Waals surface area contributed by atoms with Crippen LogP contribution in [0.2, 0.25) is 0 Å². The molecule has 14 heavy (non-hydrogen) atoms. The van der Waals surface area contributed by atoms with Gasteiger partial charge in [0.05, 0.1) is 0 Å². The van der Waals surface area contributed by atoms with Crippen molar-refractivity contribution in [1.82, 2.24) is 0 Å². The summed E-state index contributed by atoms with van der Waals surface area (Å²) < 4.78 is 37.3. The molecular formula is C7H9F3O4.